The number of carbonyl (C=O) groups excluding carboxylic acids is 1. The number of nitrogens with zero attached hydrogens (tertiary/aromatic N) is 1. The standard InChI is InChI=1S/C18H16N2O3S/c1-22-16-4-2-3-13(11-16)12-20-17(21)14-5-7-15(8-6-14)23-18-19-9-10-24-18/h2-11H,12H2,1H3,(H,20,21). The van der Waals surface area contributed by atoms with E-state index in [4.69, 9.17) is 9.47 Å². The summed E-state index contributed by atoms with van der Waals surface area (Å²) in [4.78, 5) is 16.3. The maximum Gasteiger partial charge on any atom is 0.278 e. The Morgan fingerprint density at radius 3 is 2.71 bits per heavy atom. The number of nitrogens with one attached hydrogen (secondary N) is 1. The Kier molecular flexibility index (Phi) is 5.08. The number of carbonyl (C=O) groups is 1. The van der Waals surface area contributed by atoms with E-state index in [1.807, 2.05) is 29.6 Å². The van der Waals surface area contributed by atoms with Crippen molar-refractivity contribution >= 4 is 17.2 Å². The van der Waals surface area contributed by atoms with Gasteiger partial charge in [-0.2, -0.15) is 0 Å². The van der Waals surface area contributed by atoms with Crippen molar-refractivity contribution in [1.29, 1.82) is 0 Å². The van der Waals surface area contributed by atoms with Crippen LogP contribution in [0.5, 0.6) is 16.7 Å². The molecule has 0 fully saturated rings. The van der Waals surface area contributed by atoms with E-state index in [0.717, 1.165) is 11.3 Å². The number of methoxy groups -OCH3 is 1. The van der Waals surface area contributed by atoms with Gasteiger partial charge >= 0.3 is 0 Å². The minimum atomic E-state index is -0.140. The second-order valence-electron chi connectivity index (χ2n) is 4.96. The van der Waals surface area contributed by atoms with E-state index in [0.29, 0.717) is 23.1 Å². The Morgan fingerprint density at radius 1 is 1.17 bits per heavy atom. The molecule has 3 rings (SSSR count). The summed E-state index contributed by atoms with van der Waals surface area (Å²) in [6.07, 6.45) is 1.68. The van der Waals surface area contributed by atoms with Crippen LogP contribution in [0.1, 0.15) is 15.9 Å². The highest BCUT2D eigenvalue weighted by molar-refractivity contribution is 7.11. The van der Waals surface area contributed by atoms with Crippen LogP contribution in [0, 0.1) is 0 Å². The van der Waals surface area contributed by atoms with Gasteiger partial charge < -0.3 is 14.8 Å². The maximum absolute atomic E-state index is 12.2. The third kappa shape index (κ3) is 4.11. The highest BCUT2D eigenvalue weighted by atomic mass is 32.1. The van der Waals surface area contributed by atoms with Crippen LogP contribution in [0.4, 0.5) is 0 Å². The highest BCUT2D eigenvalue weighted by Gasteiger charge is 2.07. The van der Waals surface area contributed by atoms with E-state index >= 15 is 0 Å². The average molecular weight is 340 g/mol. The molecule has 0 spiro atoms. The lowest BCUT2D eigenvalue weighted by Gasteiger charge is -2.08. The number of benzene rings is 2. The number of amides is 1. The van der Waals surface area contributed by atoms with Gasteiger partial charge in [0.25, 0.3) is 11.1 Å². The van der Waals surface area contributed by atoms with Gasteiger partial charge in [0.2, 0.25) is 0 Å². The molecule has 0 atom stereocenters. The predicted octanol–water partition coefficient (Wildman–Crippen LogP) is 3.87. The molecular weight excluding hydrogens is 324 g/mol. The smallest absolute Gasteiger partial charge is 0.278 e. The van der Waals surface area contributed by atoms with Crippen molar-refractivity contribution in [2.75, 3.05) is 7.11 Å². The molecule has 0 saturated heterocycles. The summed E-state index contributed by atoms with van der Waals surface area (Å²) in [5.74, 6) is 1.28. The Hall–Kier alpha value is -2.86. The van der Waals surface area contributed by atoms with Crippen LogP contribution in [0.15, 0.2) is 60.1 Å². The molecule has 1 N–H and O–H groups in total. The molecule has 2 aromatic carbocycles. The van der Waals surface area contributed by atoms with Gasteiger partial charge in [0, 0.05) is 23.7 Å². The lowest BCUT2D eigenvalue weighted by molar-refractivity contribution is 0.0951. The van der Waals surface area contributed by atoms with Crippen molar-refractivity contribution < 1.29 is 14.3 Å². The van der Waals surface area contributed by atoms with Gasteiger partial charge in [-0.25, -0.2) is 4.98 Å². The Morgan fingerprint density at radius 2 is 2.00 bits per heavy atom. The van der Waals surface area contributed by atoms with Gasteiger partial charge in [-0.1, -0.05) is 23.5 Å². The van der Waals surface area contributed by atoms with Crippen molar-refractivity contribution in [1.82, 2.24) is 10.3 Å². The minimum Gasteiger partial charge on any atom is -0.497 e. The summed E-state index contributed by atoms with van der Waals surface area (Å²) in [6, 6.07) is 14.5. The normalized spacial score (nSPS) is 10.2. The third-order valence-corrected chi connectivity index (χ3v) is 3.97. The van der Waals surface area contributed by atoms with E-state index in [1.165, 1.54) is 11.3 Å². The molecule has 1 amide bonds. The molecule has 1 heterocycles. The van der Waals surface area contributed by atoms with E-state index in [2.05, 4.69) is 10.3 Å². The molecule has 0 saturated carbocycles. The number of ether oxygens (including phenoxy) is 2. The molecule has 3 aromatic rings. The first-order chi connectivity index (χ1) is 11.7. The molecule has 5 nitrogen and oxygen atoms in total. The zero-order valence-corrected chi connectivity index (χ0v) is 13.9. The second kappa shape index (κ2) is 7.61. The first-order valence-electron chi connectivity index (χ1n) is 7.33. The van der Waals surface area contributed by atoms with Gasteiger partial charge in [-0.15, -0.1) is 0 Å². The summed E-state index contributed by atoms with van der Waals surface area (Å²) in [7, 11) is 1.62. The third-order valence-electron chi connectivity index (χ3n) is 3.32. The van der Waals surface area contributed by atoms with Crippen LogP contribution in [-0.2, 0) is 6.54 Å². The molecule has 0 unspecified atom stereocenters. The molecule has 0 aliphatic carbocycles. The van der Waals surface area contributed by atoms with Gasteiger partial charge in [0.05, 0.1) is 7.11 Å². The van der Waals surface area contributed by atoms with Crippen LogP contribution in [0.3, 0.4) is 0 Å². The van der Waals surface area contributed by atoms with Crippen molar-refractivity contribution in [2.24, 2.45) is 0 Å². The number of thiazole rings is 1. The van der Waals surface area contributed by atoms with Crippen LogP contribution >= 0.6 is 11.3 Å². The highest BCUT2D eigenvalue weighted by Crippen LogP contribution is 2.23. The molecule has 0 aliphatic heterocycles. The molecule has 1 aromatic heterocycles. The quantitative estimate of drug-likeness (QED) is 0.740. The van der Waals surface area contributed by atoms with Gasteiger partial charge in [0.1, 0.15) is 11.5 Å². The molecule has 6 heteroatoms. The first kappa shape index (κ1) is 16.0. The van der Waals surface area contributed by atoms with Gasteiger partial charge in [0.15, 0.2) is 0 Å². The summed E-state index contributed by atoms with van der Waals surface area (Å²) < 4.78 is 10.7. The van der Waals surface area contributed by atoms with Crippen LogP contribution in [-0.4, -0.2) is 18.0 Å². The van der Waals surface area contributed by atoms with E-state index in [9.17, 15) is 4.79 Å². The number of aromatic nitrogens is 1. The average Bonchev–Trinajstić information content (AvgIpc) is 3.13. The van der Waals surface area contributed by atoms with Crippen LogP contribution in [0.2, 0.25) is 0 Å². The minimum absolute atomic E-state index is 0.140. The lowest BCUT2D eigenvalue weighted by atomic mass is 10.2. The van der Waals surface area contributed by atoms with E-state index in [-0.39, 0.29) is 5.91 Å². The summed E-state index contributed by atoms with van der Waals surface area (Å²) >= 11 is 1.41. The molecule has 24 heavy (non-hydrogen) atoms. The maximum atomic E-state index is 12.2. The molecule has 0 bridgehead atoms. The fraction of sp³-hybridized carbons (Fsp3) is 0.111. The summed E-state index contributed by atoms with van der Waals surface area (Å²) in [6.45, 7) is 0.438. The van der Waals surface area contributed by atoms with Gasteiger partial charge in [-0.3, -0.25) is 4.79 Å². The van der Waals surface area contributed by atoms with Crippen molar-refractivity contribution in [3.8, 4) is 16.7 Å². The molecule has 0 radical (unpaired) electrons. The van der Waals surface area contributed by atoms with E-state index < -0.39 is 0 Å². The second-order valence-corrected chi connectivity index (χ2v) is 5.82. The Labute approximate surface area is 143 Å². The van der Waals surface area contributed by atoms with E-state index in [1.54, 1.807) is 37.6 Å². The van der Waals surface area contributed by atoms with Crippen molar-refractivity contribution in [3.05, 3.63) is 71.2 Å². The van der Waals surface area contributed by atoms with Gasteiger partial charge in [-0.05, 0) is 42.0 Å². The number of hydrogen-bond acceptors (Lipinski definition) is 5. The zero-order chi connectivity index (χ0) is 16.8. The number of rotatable bonds is 6. The summed E-state index contributed by atoms with van der Waals surface area (Å²) in [5.41, 5.74) is 1.55. The zero-order valence-electron chi connectivity index (χ0n) is 13.1. The molecule has 0 aliphatic rings. The largest absolute Gasteiger partial charge is 0.497 e. The fourth-order valence-electron chi connectivity index (χ4n) is 2.10. The van der Waals surface area contributed by atoms with Crippen LogP contribution < -0.4 is 14.8 Å². The summed E-state index contributed by atoms with van der Waals surface area (Å²) in [5, 5.41) is 5.30. The predicted molar refractivity (Wildman–Crippen MR) is 92.8 cm³/mol. The Balaban J connectivity index is 1.58. The fourth-order valence-corrected chi connectivity index (χ4v) is 2.61. The lowest BCUT2D eigenvalue weighted by Crippen LogP contribution is -2.22. The SMILES string of the molecule is COc1cccc(CNC(=O)c2ccc(Oc3nccs3)cc2)c1. The number of hydrogen-bond donors (Lipinski definition) is 1. The topological polar surface area (TPSA) is 60.5 Å². The monoisotopic (exact) mass is 340 g/mol. The van der Waals surface area contributed by atoms with Crippen LogP contribution in [0.25, 0.3) is 0 Å². The van der Waals surface area contributed by atoms with Crippen molar-refractivity contribution in [3.63, 3.8) is 0 Å². The molecular formula is C18H16N2O3S. The first-order valence-corrected chi connectivity index (χ1v) is 8.21. The Bertz CT molecular complexity index is 801. The van der Waals surface area contributed by atoms with Crippen molar-refractivity contribution in [2.45, 2.75) is 6.54 Å². The molecule has 122 valence electrons.